The lowest BCUT2D eigenvalue weighted by atomic mass is 10.1. The van der Waals surface area contributed by atoms with Crippen molar-refractivity contribution >= 4 is 28.5 Å². The van der Waals surface area contributed by atoms with Crippen LogP contribution in [0.15, 0.2) is 40.2 Å². The van der Waals surface area contributed by atoms with Gasteiger partial charge in [-0.05, 0) is 37.6 Å². The van der Waals surface area contributed by atoms with Crippen molar-refractivity contribution in [1.82, 2.24) is 24.4 Å². The first-order valence-corrected chi connectivity index (χ1v) is 10.9. The number of hydrogen-bond acceptors (Lipinski definition) is 6. The van der Waals surface area contributed by atoms with Crippen LogP contribution in [0.1, 0.15) is 18.4 Å². The number of fused-ring (bicyclic) bond motifs is 1. The lowest BCUT2D eigenvalue weighted by Gasteiger charge is -2.34. The number of aromatic nitrogens is 4. The summed E-state index contributed by atoms with van der Waals surface area (Å²) in [5.41, 5.74) is -2.66. The number of halogens is 4. The van der Waals surface area contributed by atoms with Gasteiger partial charge in [0.1, 0.15) is 0 Å². The smallest absolute Gasteiger partial charge is 0.338 e. The van der Waals surface area contributed by atoms with Gasteiger partial charge in [-0.25, -0.2) is 14.8 Å². The minimum absolute atomic E-state index is 0.0492. The third kappa shape index (κ3) is 5.19. The highest BCUT2D eigenvalue weighted by atomic mass is 35.5. The van der Waals surface area contributed by atoms with Crippen LogP contribution in [0.25, 0.3) is 10.9 Å². The van der Waals surface area contributed by atoms with E-state index >= 15 is 0 Å². The first kappa shape index (κ1) is 23.2. The summed E-state index contributed by atoms with van der Waals surface area (Å²) >= 11 is 5.74. The molecule has 1 fully saturated rings. The van der Waals surface area contributed by atoms with Crippen molar-refractivity contribution in [2.24, 2.45) is 0 Å². The van der Waals surface area contributed by atoms with Crippen molar-refractivity contribution in [3.63, 3.8) is 0 Å². The first-order valence-electron chi connectivity index (χ1n) is 10.5. The van der Waals surface area contributed by atoms with E-state index in [0.29, 0.717) is 12.5 Å². The van der Waals surface area contributed by atoms with Crippen molar-refractivity contribution in [3.8, 4) is 0 Å². The minimum atomic E-state index is -4.68. The number of nitrogens with zero attached hydrogens (tertiary/aromatic N) is 5. The van der Waals surface area contributed by atoms with Crippen LogP contribution < -0.4 is 16.1 Å². The van der Waals surface area contributed by atoms with Crippen molar-refractivity contribution < 1.29 is 13.2 Å². The molecule has 0 unspecified atom stereocenters. The van der Waals surface area contributed by atoms with Crippen LogP contribution in [0.5, 0.6) is 0 Å². The fourth-order valence-electron chi connectivity index (χ4n) is 3.93. The van der Waals surface area contributed by atoms with Gasteiger partial charge in [-0.3, -0.25) is 14.3 Å². The third-order valence-electron chi connectivity index (χ3n) is 5.69. The topological polar surface area (TPSA) is 87.1 Å². The zero-order chi connectivity index (χ0) is 23.6. The van der Waals surface area contributed by atoms with Crippen molar-refractivity contribution in [1.29, 1.82) is 0 Å². The van der Waals surface area contributed by atoms with E-state index in [-0.39, 0.29) is 17.4 Å². The maximum absolute atomic E-state index is 13.1. The number of hydrogen-bond donors (Lipinski definition) is 1. The summed E-state index contributed by atoms with van der Waals surface area (Å²) in [4.78, 5) is 40.4. The Bertz CT molecular complexity index is 1240. The highest BCUT2D eigenvalue weighted by molar-refractivity contribution is 6.32. The van der Waals surface area contributed by atoms with E-state index in [2.05, 4.69) is 24.8 Å². The Balaban J connectivity index is 1.35. The molecule has 1 aliphatic rings. The summed E-state index contributed by atoms with van der Waals surface area (Å²) < 4.78 is 40.2. The standard InChI is InChI=1S/C21H22ClF3N6O2/c22-16-12-14-17(13-15(16)21(23,24)25)28-20(33)31(18(14)32)7-2-1-6-29-8-10-30(11-9-29)19-26-4-3-5-27-19/h3-5,12-13H,1-2,6-11H2,(H,28,33). The van der Waals surface area contributed by atoms with Gasteiger partial charge in [0.15, 0.2) is 0 Å². The maximum atomic E-state index is 13.1. The predicted octanol–water partition coefficient (Wildman–Crippen LogP) is 2.75. The highest BCUT2D eigenvalue weighted by Gasteiger charge is 2.34. The first-order chi connectivity index (χ1) is 15.7. The molecule has 0 radical (unpaired) electrons. The van der Waals surface area contributed by atoms with Crippen LogP contribution in [0.2, 0.25) is 5.02 Å². The zero-order valence-electron chi connectivity index (χ0n) is 17.6. The number of aromatic amines is 1. The number of benzene rings is 1. The third-order valence-corrected chi connectivity index (χ3v) is 6.00. The van der Waals surface area contributed by atoms with Crippen LogP contribution in [-0.4, -0.2) is 57.1 Å². The number of alkyl halides is 3. The molecular weight excluding hydrogens is 461 g/mol. The molecule has 0 saturated carbocycles. The van der Waals surface area contributed by atoms with Crippen molar-refractivity contribution in [3.05, 3.63) is 62.0 Å². The number of unbranched alkanes of at least 4 members (excludes halogenated alkanes) is 1. The molecule has 3 heterocycles. The van der Waals surface area contributed by atoms with Crippen LogP contribution in [0.3, 0.4) is 0 Å². The van der Waals surface area contributed by atoms with E-state index in [1.807, 2.05) is 0 Å². The van der Waals surface area contributed by atoms with Gasteiger partial charge < -0.3 is 9.88 Å². The van der Waals surface area contributed by atoms with E-state index in [1.165, 1.54) is 0 Å². The fourth-order valence-corrected chi connectivity index (χ4v) is 4.20. The van der Waals surface area contributed by atoms with E-state index in [9.17, 15) is 22.8 Å². The number of anilines is 1. The van der Waals surface area contributed by atoms with Gasteiger partial charge in [0.05, 0.1) is 21.5 Å². The summed E-state index contributed by atoms with van der Waals surface area (Å²) in [6.45, 7) is 4.32. The van der Waals surface area contributed by atoms with Crippen LogP contribution in [0.4, 0.5) is 19.1 Å². The monoisotopic (exact) mass is 482 g/mol. The summed E-state index contributed by atoms with van der Waals surface area (Å²) in [5, 5.41) is -0.627. The predicted molar refractivity (Wildman–Crippen MR) is 119 cm³/mol. The van der Waals surface area contributed by atoms with Gasteiger partial charge >= 0.3 is 11.9 Å². The van der Waals surface area contributed by atoms with E-state index in [0.717, 1.165) is 55.7 Å². The molecule has 176 valence electrons. The van der Waals surface area contributed by atoms with Crippen LogP contribution in [0, 0.1) is 0 Å². The molecular formula is C21H22ClF3N6O2. The molecule has 0 amide bonds. The minimum Gasteiger partial charge on any atom is -0.338 e. The molecule has 1 saturated heterocycles. The average Bonchev–Trinajstić information content (AvgIpc) is 2.79. The Morgan fingerprint density at radius 2 is 1.67 bits per heavy atom. The molecule has 4 rings (SSSR count). The second-order valence-corrected chi connectivity index (χ2v) is 8.25. The number of nitrogens with one attached hydrogen (secondary N) is 1. The average molecular weight is 483 g/mol. The largest absolute Gasteiger partial charge is 0.417 e. The second-order valence-electron chi connectivity index (χ2n) is 7.85. The van der Waals surface area contributed by atoms with Gasteiger partial charge in [-0.15, -0.1) is 0 Å². The lowest BCUT2D eigenvalue weighted by Crippen LogP contribution is -2.47. The summed E-state index contributed by atoms with van der Waals surface area (Å²) in [7, 11) is 0. The molecule has 8 nitrogen and oxygen atoms in total. The van der Waals surface area contributed by atoms with Crippen LogP contribution in [-0.2, 0) is 12.7 Å². The van der Waals surface area contributed by atoms with Gasteiger partial charge in [-0.2, -0.15) is 13.2 Å². The maximum Gasteiger partial charge on any atom is 0.417 e. The molecule has 0 bridgehead atoms. The number of H-pyrrole nitrogens is 1. The molecule has 1 aliphatic heterocycles. The van der Waals surface area contributed by atoms with E-state index in [4.69, 9.17) is 11.6 Å². The van der Waals surface area contributed by atoms with Gasteiger partial charge in [0.2, 0.25) is 5.95 Å². The number of rotatable bonds is 6. The van der Waals surface area contributed by atoms with Gasteiger partial charge in [0.25, 0.3) is 5.56 Å². The Hall–Kier alpha value is -2.92. The normalized spacial score (nSPS) is 15.3. The number of piperazine rings is 1. The second kappa shape index (κ2) is 9.52. The van der Waals surface area contributed by atoms with E-state index in [1.54, 1.807) is 18.5 Å². The van der Waals surface area contributed by atoms with Crippen molar-refractivity contribution in [2.45, 2.75) is 25.6 Å². The SMILES string of the molecule is O=c1[nH]c2cc(C(F)(F)F)c(Cl)cc2c(=O)n1CCCCN1CCN(c2ncccn2)CC1. The van der Waals surface area contributed by atoms with Crippen LogP contribution >= 0.6 is 11.6 Å². The fraction of sp³-hybridized carbons (Fsp3) is 0.429. The summed E-state index contributed by atoms with van der Waals surface area (Å²) in [5.74, 6) is 0.717. The molecule has 1 N–H and O–H groups in total. The Labute approximate surface area is 191 Å². The van der Waals surface area contributed by atoms with E-state index < -0.39 is 28.0 Å². The Kier molecular flexibility index (Phi) is 6.71. The Morgan fingerprint density at radius 3 is 2.33 bits per heavy atom. The van der Waals surface area contributed by atoms with Crippen molar-refractivity contribution in [2.75, 3.05) is 37.6 Å². The lowest BCUT2D eigenvalue weighted by molar-refractivity contribution is -0.137. The molecule has 33 heavy (non-hydrogen) atoms. The quantitative estimate of drug-likeness (QED) is 0.544. The van der Waals surface area contributed by atoms with Gasteiger partial charge in [-0.1, -0.05) is 11.6 Å². The summed E-state index contributed by atoms with van der Waals surface area (Å²) in [6, 6.07) is 3.44. The molecule has 0 atom stereocenters. The Morgan fingerprint density at radius 1 is 1.00 bits per heavy atom. The molecule has 0 spiro atoms. The summed E-state index contributed by atoms with van der Waals surface area (Å²) in [6.07, 6.45) is 0.0870. The molecule has 2 aromatic heterocycles. The molecule has 1 aromatic carbocycles. The molecule has 3 aromatic rings. The zero-order valence-corrected chi connectivity index (χ0v) is 18.4. The molecule has 0 aliphatic carbocycles. The van der Waals surface area contributed by atoms with Gasteiger partial charge in [0, 0.05) is 45.1 Å². The molecule has 12 heteroatoms. The highest BCUT2D eigenvalue weighted by Crippen LogP contribution is 2.35.